The van der Waals surface area contributed by atoms with Gasteiger partial charge in [-0.3, -0.25) is 14.4 Å². The lowest BCUT2D eigenvalue weighted by molar-refractivity contribution is -0.116. The van der Waals surface area contributed by atoms with E-state index >= 15 is 0 Å². The van der Waals surface area contributed by atoms with Crippen molar-refractivity contribution in [3.05, 3.63) is 64.4 Å². The first-order valence-corrected chi connectivity index (χ1v) is 9.86. The summed E-state index contributed by atoms with van der Waals surface area (Å²) in [4.78, 5) is 37.9. The normalized spacial score (nSPS) is 10.8. The molecule has 0 radical (unpaired) electrons. The molecule has 156 valence electrons. The van der Waals surface area contributed by atoms with Gasteiger partial charge in [0.15, 0.2) is 11.3 Å². The number of anilines is 1. The van der Waals surface area contributed by atoms with Gasteiger partial charge in [-0.15, -0.1) is 0 Å². The largest absolute Gasteiger partial charge is 0.449 e. The van der Waals surface area contributed by atoms with Crippen molar-refractivity contribution in [2.45, 2.75) is 20.3 Å². The summed E-state index contributed by atoms with van der Waals surface area (Å²) in [6, 6.07) is 11.6. The standard InChI is InChI=1S/C22H22ClN3O4/c1-3-26(12-11-18(27)25-15-9-7-14(8-10-15)21(24)28)22(29)19-13(2)16-5-4-6-17(23)20(16)30-19/h4-10H,3,11-12H2,1-2H3,(H2,24,28)(H,25,27). The van der Waals surface area contributed by atoms with E-state index in [0.29, 0.717) is 28.4 Å². The van der Waals surface area contributed by atoms with Crippen LogP contribution in [0.15, 0.2) is 46.9 Å². The first-order chi connectivity index (χ1) is 14.3. The number of nitrogens with two attached hydrogens (primary N) is 1. The number of nitrogens with zero attached hydrogens (tertiary/aromatic N) is 1. The van der Waals surface area contributed by atoms with Crippen molar-refractivity contribution < 1.29 is 18.8 Å². The molecule has 0 spiro atoms. The average Bonchev–Trinajstić information content (AvgIpc) is 3.06. The molecular formula is C22H22ClN3O4. The van der Waals surface area contributed by atoms with Crippen molar-refractivity contribution in [2.75, 3.05) is 18.4 Å². The van der Waals surface area contributed by atoms with E-state index < -0.39 is 5.91 Å². The van der Waals surface area contributed by atoms with E-state index in [4.69, 9.17) is 21.8 Å². The van der Waals surface area contributed by atoms with Gasteiger partial charge in [-0.25, -0.2) is 0 Å². The van der Waals surface area contributed by atoms with Gasteiger partial charge in [0, 0.05) is 41.7 Å². The molecule has 1 heterocycles. The fourth-order valence-electron chi connectivity index (χ4n) is 3.14. The molecule has 30 heavy (non-hydrogen) atoms. The van der Waals surface area contributed by atoms with Crippen molar-refractivity contribution in [1.82, 2.24) is 4.90 Å². The molecule has 0 saturated heterocycles. The minimum Gasteiger partial charge on any atom is -0.449 e. The first kappa shape index (κ1) is 21.4. The van der Waals surface area contributed by atoms with Gasteiger partial charge in [-0.1, -0.05) is 23.7 Å². The molecule has 7 nitrogen and oxygen atoms in total. The number of carbonyl (C=O) groups excluding carboxylic acids is 3. The molecule has 0 bridgehead atoms. The summed E-state index contributed by atoms with van der Waals surface area (Å²) in [5, 5.41) is 3.97. The fraction of sp³-hybridized carbons (Fsp3) is 0.227. The quantitative estimate of drug-likeness (QED) is 0.594. The molecule has 8 heteroatoms. The molecule has 3 N–H and O–H groups in total. The number of nitrogens with one attached hydrogen (secondary N) is 1. The van der Waals surface area contributed by atoms with Gasteiger partial charge in [-0.05, 0) is 44.2 Å². The highest BCUT2D eigenvalue weighted by Crippen LogP contribution is 2.31. The maximum absolute atomic E-state index is 13.0. The van der Waals surface area contributed by atoms with Crippen LogP contribution >= 0.6 is 11.6 Å². The highest BCUT2D eigenvalue weighted by Gasteiger charge is 2.23. The Morgan fingerprint density at radius 1 is 1.13 bits per heavy atom. The smallest absolute Gasteiger partial charge is 0.289 e. The number of hydrogen-bond acceptors (Lipinski definition) is 4. The van der Waals surface area contributed by atoms with Gasteiger partial charge in [0.25, 0.3) is 5.91 Å². The van der Waals surface area contributed by atoms with Gasteiger partial charge in [0.1, 0.15) is 0 Å². The second kappa shape index (κ2) is 9.00. The average molecular weight is 428 g/mol. The number of amides is 3. The molecule has 1 aromatic heterocycles. The van der Waals surface area contributed by atoms with Crippen LogP contribution in [-0.4, -0.2) is 35.7 Å². The van der Waals surface area contributed by atoms with E-state index in [2.05, 4.69) is 5.32 Å². The zero-order valence-corrected chi connectivity index (χ0v) is 17.5. The Bertz CT molecular complexity index is 1110. The Balaban J connectivity index is 1.66. The van der Waals surface area contributed by atoms with Crippen LogP contribution in [-0.2, 0) is 4.79 Å². The van der Waals surface area contributed by atoms with Gasteiger partial charge >= 0.3 is 0 Å². The van der Waals surface area contributed by atoms with Crippen LogP contribution in [0.5, 0.6) is 0 Å². The Hall–Kier alpha value is -3.32. The Kier molecular flexibility index (Phi) is 6.42. The van der Waals surface area contributed by atoms with Crippen molar-refractivity contribution in [3.8, 4) is 0 Å². The molecule has 0 aliphatic heterocycles. The topological polar surface area (TPSA) is 106 Å². The molecule has 0 saturated carbocycles. The first-order valence-electron chi connectivity index (χ1n) is 9.48. The number of rotatable bonds is 7. The molecule has 3 aromatic rings. The number of furan rings is 1. The summed E-state index contributed by atoms with van der Waals surface area (Å²) in [6.45, 7) is 4.30. The third-order valence-electron chi connectivity index (χ3n) is 4.84. The van der Waals surface area contributed by atoms with Gasteiger partial charge in [0.05, 0.1) is 5.02 Å². The summed E-state index contributed by atoms with van der Waals surface area (Å²) in [7, 11) is 0. The number of hydrogen-bond donors (Lipinski definition) is 2. The van der Waals surface area contributed by atoms with Crippen molar-refractivity contribution in [3.63, 3.8) is 0 Å². The molecule has 0 aliphatic carbocycles. The number of benzene rings is 2. The maximum atomic E-state index is 13.0. The lowest BCUT2D eigenvalue weighted by Gasteiger charge is -2.19. The molecule has 0 unspecified atom stereocenters. The van der Waals surface area contributed by atoms with E-state index in [1.54, 1.807) is 29.2 Å². The number of para-hydroxylation sites is 1. The zero-order chi connectivity index (χ0) is 21.8. The molecule has 0 atom stereocenters. The third kappa shape index (κ3) is 4.46. The number of primary amides is 1. The minimum atomic E-state index is -0.535. The molecule has 2 aromatic carbocycles. The molecule has 0 aliphatic rings. The summed E-state index contributed by atoms with van der Waals surface area (Å²) in [5.74, 6) is -0.854. The van der Waals surface area contributed by atoms with Gasteiger partial charge in [-0.2, -0.15) is 0 Å². The van der Waals surface area contributed by atoms with Crippen LogP contribution in [0.25, 0.3) is 11.0 Å². The molecule has 3 rings (SSSR count). The Labute approximate surface area is 178 Å². The van der Waals surface area contributed by atoms with Crippen LogP contribution in [0, 0.1) is 6.92 Å². The van der Waals surface area contributed by atoms with Gasteiger partial charge in [0.2, 0.25) is 11.8 Å². The molecule has 0 fully saturated rings. The Morgan fingerprint density at radius 3 is 2.43 bits per heavy atom. The lowest BCUT2D eigenvalue weighted by atomic mass is 10.1. The third-order valence-corrected chi connectivity index (χ3v) is 5.14. The van der Waals surface area contributed by atoms with E-state index in [1.807, 2.05) is 19.9 Å². The van der Waals surface area contributed by atoms with Crippen LogP contribution in [0.1, 0.15) is 39.8 Å². The van der Waals surface area contributed by atoms with Crippen LogP contribution in [0.4, 0.5) is 5.69 Å². The van der Waals surface area contributed by atoms with E-state index in [1.165, 1.54) is 12.1 Å². The predicted molar refractivity (Wildman–Crippen MR) is 116 cm³/mol. The summed E-state index contributed by atoms with van der Waals surface area (Å²) in [5.41, 5.74) is 7.30. The summed E-state index contributed by atoms with van der Waals surface area (Å²) < 4.78 is 5.75. The van der Waals surface area contributed by atoms with Crippen molar-refractivity contribution in [2.24, 2.45) is 5.73 Å². The fourth-order valence-corrected chi connectivity index (χ4v) is 3.35. The second-order valence-electron chi connectivity index (χ2n) is 6.80. The highest BCUT2D eigenvalue weighted by atomic mass is 35.5. The highest BCUT2D eigenvalue weighted by molar-refractivity contribution is 6.35. The van der Waals surface area contributed by atoms with E-state index in [-0.39, 0.29) is 30.5 Å². The lowest BCUT2D eigenvalue weighted by Crippen LogP contribution is -2.33. The number of aryl methyl sites for hydroxylation is 1. The van der Waals surface area contributed by atoms with E-state index in [9.17, 15) is 14.4 Å². The zero-order valence-electron chi connectivity index (χ0n) is 16.7. The van der Waals surface area contributed by atoms with Crippen LogP contribution in [0.2, 0.25) is 5.02 Å². The van der Waals surface area contributed by atoms with Crippen molar-refractivity contribution in [1.29, 1.82) is 0 Å². The number of halogens is 1. The number of fused-ring (bicyclic) bond motifs is 1. The minimum absolute atomic E-state index is 0.108. The van der Waals surface area contributed by atoms with Crippen molar-refractivity contribution >= 4 is 46.0 Å². The maximum Gasteiger partial charge on any atom is 0.289 e. The predicted octanol–water partition coefficient (Wildman–Crippen LogP) is 3.98. The van der Waals surface area contributed by atoms with E-state index in [0.717, 1.165) is 10.9 Å². The van der Waals surface area contributed by atoms with Crippen LogP contribution < -0.4 is 11.1 Å². The summed E-state index contributed by atoms with van der Waals surface area (Å²) >= 11 is 6.17. The van der Waals surface area contributed by atoms with Crippen LogP contribution in [0.3, 0.4) is 0 Å². The SMILES string of the molecule is CCN(CCC(=O)Nc1ccc(C(N)=O)cc1)C(=O)c1oc2c(Cl)cccc2c1C. The number of carbonyl (C=O) groups is 3. The molecular weight excluding hydrogens is 406 g/mol. The second-order valence-corrected chi connectivity index (χ2v) is 7.20. The summed E-state index contributed by atoms with van der Waals surface area (Å²) in [6.07, 6.45) is 0.108. The van der Waals surface area contributed by atoms with Gasteiger partial charge < -0.3 is 20.4 Å². The molecule has 3 amide bonds. The Morgan fingerprint density at radius 2 is 1.83 bits per heavy atom. The monoisotopic (exact) mass is 427 g/mol.